The van der Waals surface area contributed by atoms with E-state index >= 15 is 0 Å². The van der Waals surface area contributed by atoms with E-state index in [1.807, 2.05) is 0 Å². The summed E-state index contributed by atoms with van der Waals surface area (Å²) in [5, 5.41) is 7.52. The molecule has 2 aromatic rings. The molecule has 11 heteroatoms. The molecule has 32 heavy (non-hydrogen) atoms. The zero-order valence-corrected chi connectivity index (χ0v) is 18.8. The van der Waals surface area contributed by atoms with E-state index in [9.17, 15) is 18.8 Å². The fourth-order valence-corrected chi connectivity index (χ4v) is 3.45. The number of hydrogen-bond acceptors (Lipinski definition) is 7. The average Bonchev–Trinajstić information content (AvgIpc) is 3.29. The number of nitrogens with one attached hydrogen (secondary N) is 2. The molecule has 0 aliphatic heterocycles. The number of hydrogen-bond donors (Lipinski definition) is 2. The third kappa shape index (κ3) is 7.98. The number of anilines is 1. The maximum Gasteiger partial charge on any atom is 0.247 e. The van der Waals surface area contributed by atoms with Crippen LogP contribution in [0.25, 0.3) is 0 Å². The Hall–Kier alpha value is -2.89. The van der Waals surface area contributed by atoms with Gasteiger partial charge in [0.1, 0.15) is 11.9 Å². The van der Waals surface area contributed by atoms with Crippen molar-refractivity contribution in [1.29, 1.82) is 0 Å². The Morgan fingerprint density at radius 1 is 1.12 bits per heavy atom. The van der Waals surface area contributed by atoms with Crippen LogP contribution in [0.15, 0.2) is 35.8 Å². The van der Waals surface area contributed by atoms with E-state index in [0.717, 1.165) is 0 Å². The van der Waals surface area contributed by atoms with Gasteiger partial charge in [-0.15, -0.1) is 11.3 Å². The number of ether oxygens (including phenoxy) is 2. The molecule has 1 aromatic heterocycles. The fourth-order valence-electron chi connectivity index (χ4n) is 2.91. The molecule has 9 nitrogen and oxygen atoms in total. The molecule has 0 spiro atoms. The normalized spacial score (nSPS) is 11.6. The van der Waals surface area contributed by atoms with E-state index in [1.165, 1.54) is 54.7 Å². The topological polar surface area (TPSA) is 110 Å². The van der Waals surface area contributed by atoms with Gasteiger partial charge >= 0.3 is 0 Å². The number of carbonyl (C=O) groups excluding carboxylic acids is 3. The minimum Gasteiger partial charge on any atom is -0.383 e. The van der Waals surface area contributed by atoms with Gasteiger partial charge in [-0.2, -0.15) is 0 Å². The lowest BCUT2D eigenvalue weighted by molar-refractivity contribution is -0.142. The molecule has 0 aliphatic carbocycles. The SMILES string of the molecule is COCCNC(=O)[C@@H](c1ccc(F)cc1)N(CCOC)C(=O)CCC(=O)Nc1nccs1. The Kier molecular flexibility index (Phi) is 10.7. The summed E-state index contributed by atoms with van der Waals surface area (Å²) < 4.78 is 23.5. The number of aromatic nitrogens is 1. The standard InChI is InChI=1S/C21H27FN4O5S/c1-30-12-9-23-20(29)19(15-3-5-16(22)6-4-15)26(11-13-31-2)18(28)8-7-17(27)25-21-24-10-14-32-21/h3-6,10,14,19H,7-9,11-13H2,1-2H3,(H,23,29)(H,24,25,27)/t19-/m1/s1. The highest BCUT2D eigenvalue weighted by Crippen LogP contribution is 2.23. The molecule has 0 bridgehead atoms. The summed E-state index contributed by atoms with van der Waals surface area (Å²) in [6.45, 7) is 0.837. The monoisotopic (exact) mass is 466 g/mol. The lowest BCUT2D eigenvalue weighted by atomic mass is 10.0. The smallest absolute Gasteiger partial charge is 0.247 e. The number of nitrogens with zero attached hydrogens (tertiary/aromatic N) is 2. The summed E-state index contributed by atoms with van der Waals surface area (Å²) >= 11 is 1.27. The largest absolute Gasteiger partial charge is 0.383 e. The molecule has 2 rings (SSSR count). The van der Waals surface area contributed by atoms with Crippen LogP contribution in [-0.2, 0) is 23.9 Å². The highest BCUT2D eigenvalue weighted by atomic mass is 32.1. The van der Waals surface area contributed by atoms with E-state index in [0.29, 0.717) is 17.3 Å². The summed E-state index contributed by atoms with van der Waals surface area (Å²) in [6.07, 6.45) is 1.36. The van der Waals surface area contributed by atoms with Crippen molar-refractivity contribution in [1.82, 2.24) is 15.2 Å². The number of methoxy groups -OCH3 is 2. The van der Waals surface area contributed by atoms with Crippen molar-refractivity contribution in [3.05, 3.63) is 47.2 Å². The van der Waals surface area contributed by atoms with Gasteiger partial charge in [-0.3, -0.25) is 14.4 Å². The van der Waals surface area contributed by atoms with Crippen LogP contribution in [0, 0.1) is 5.82 Å². The highest BCUT2D eigenvalue weighted by molar-refractivity contribution is 7.13. The van der Waals surface area contributed by atoms with Crippen molar-refractivity contribution in [2.45, 2.75) is 18.9 Å². The van der Waals surface area contributed by atoms with Gasteiger partial charge in [0.05, 0.1) is 13.2 Å². The Morgan fingerprint density at radius 2 is 1.84 bits per heavy atom. The van der Waals surface area contributed by atoms with Crippen LogP contribution >= 0.6 is 11.3 Å². The van der Waals surface area contributed by atoms with E-state index in [4.69, 9.17) is 9.47 Å². The van der Waals surface area contributed by atoms with Gasteiger partial charge < -0.3 is 25.0 Å². The average molecular weight is 467 g/mol. The van der Waals surface area contributed by atoms with Gasteiger partial charge in [0.25, 0.3) is 0 Å². The first-order chi connectivity index (χ1) is 15.5. The summed E-state index contributed by atoms with van der Waals surface area (Å²) in [4.78, 5) is 43.5. The lowest BCUT2D eigenvalue weighted by Crippen LogP contribution is -2.45. The van der Waals surface area contributed by atoms with Crippen molar-refractivity contribution in [2.24, 2.45) is 0 Å². The van der Waals surface area contributed by atoms with E-state index < -0.39 is 23.7 Å². The Balaban J connectivity index is 2.17. The van der Waals surface area contributed by atoms with Crippen LogP contribution in [0.4, 0.5) is 9.52 Å². The van der Waals surface area contributed by atoms with Gasteiger partial charge in [-0.05, 0) is 17.7 Å². The Morgan fingerprint density at radius 3 is 2.47 bits per heavy atom. The summed E-state index contributed by atoms with van der Waals surface area (Å²) in [7, 11) is 2.99. The van der Waals surface area contributed by atoms with Crippen LogP contribution in [0.1, 0.15) is 24.4 Å². The zero-order valence-electron chi connectivity index (χ0n) is 18.0. The number of halogens is 1. The molecule has 1 atom stereocenters. The third-order valence-corrected chi connectivity index (χ3v) is 5.14. The first kappa shape index (κ1) is 25.4. The first-order valence-corrected chi connectivity index (χ1v) is 10.8. The predicted molar refractivity (Wildman–Crippen MR) is 118 cm³/mol. The van der Waals surface area contributed by atoms with Crippen LogP contribution in [-0.4, -0.2) is 68.1 Å². The molecule has 0 saturated heterocycles. The second-order valence-corrected chi connectivity index (χ2v) is 7.60. The van der Waals surface area contributed by atoms with E-state index in [-0.39, 0.29) is 38.4 Å². The van der Waals surface area contributed by atoms with Crippen LogP contribution in [0.2, 0.25) is 0 Å². The van der Waals surface area contributed by atoms with E-state index in [1.54, 1.807) is 11.6 Å². The summed E-state index contributed by atoms with van der Waals surface area (Å²) in [5.41, 5.74) is 0.443. The van der Waals surface area contributed by atoms with Gasteiger partial charge in [0.2, 0.25) is 17.7 Å². The summed E-state index contributed by atoms with van der Waals surface area (Å²) in [5.74, 6) is -1.67. The zero-order chi connectivity index (χ0) is 23.3. The molecule has 0 unspecified atom stereocenters. The molecule has 0 saturated carbocycles. The number of carbonyl (C=O) groups is 3. The van der Waals surface area contributed by atoms with Crippen LogP contribution in [0.5, 0.6) is 0 Å². The van der Waals surface area contributed by atoms with E-state index in [2.05, 4.69) is 15.6 Å². The van der Waals surface area contributed by atoms with Crippen molar-refractivity contribution in [2.75, 3.05) is 45.8 Å². The molecular formula is C21H27FN4O5S. The van der Waals surface area contributed by atoms with Crippen LogP contribution in [0.3, 0.4) is 0 Å². The molecular weight excluding hydrogens is 439 g/mol. The van der Waals surface area contributed by atoms with Gasteiger partial charge in [-0.25, -0.2) is 9.37 Å². The first-order valence-electron chi connectivity index (χ1n) is 9.96. The maximum atomic E-state index is 13.5. The molecule has 0 fully saturated rings. The highest BCUT2D eigenvalue weighted by Gasteiger charge is 2.31. The van der Waals surface area contributed by atoms with Crippen molar-refractivity contribution in [3.8, 4) is 0 Å². The molecule has 174 valence electrons. The number of thiazole rings is 1. The molecule has 2 N–H and O–H groups in total. The molecule has 0 aliphatic rings. The summed E-state index contributed by atoms with van der Waals surface area (Å²) in [6, 6.07) is 4.35. The van der Waals surface area contributed by atoms with Crippen molar-refractivity contribution < 1.29 is 28.2 Å². The molecule has 3 amide bonds. The number of amides is 3. The second kappa shape index (κ2) is 13.5. The fraction of sp³-hybridized carbons (Fsp3) is 0.429. The lowest BCUT2D eigenvalue weighted by Gasteiger charge is -2.31. The van der Waals surface area contributed by atoms with Crippen molar-refractivity contribution in [3.63, 3.8) is 0 Å². The van der Waals surface area contributed by atoms with Gasteiger partial charge in [0, 0.05) is 51.7 Å². The van der Waals surface area contributed by atoms with Crippen LogP contribution < -0.4 is 10.6 Å². The molecule has 1 aromatic carbocycles. The number of benzene rings is 1. The predicted octanol–water partition coefficient (Wildman–Crippen LogP) is 1.98. The third-order valence-electron chi connectivity index (χ3n) is 4.45. The Labute approximate surface area is 189 Å². The van der Waals surface area contributed by atoms with Crippen molar-refractivity contribution >= 4 is 34.2 Å². The minimum absolute atomic E-state index is 0.0800. The van der Waals surface area contributed by atoms with Gasteiger partial charge in [0.15, 0.2) is 5.13 Å². The van der Waals surface area contributed by atoms with Gasteiger partial charge in [-0.1, -0.05) is 12.1 Å². The maximum absolute atomic E-state index is 13.5. The molecule has 0 radical (unpaired) electrons. The number of rotatable bonds is 13. The quantitative estimate of drug-likeness (QED) is 0.437. The minimum atomic E-state index is -1.02. The Bertz CT molecular complexity index is 864. The molecule has 1 heterocycles. The second-order valence-electron chi connectivity index (χ2n) is 6.70.